The number of rotatable bonds is 0. The number of halogens is 1. The van der Waals surface area contributed by atoms with E-state index in [2.05, 4.69) is 15.9 Å². The maximum absolute atomic E-state index is 11.4. The van der Waals surface area contributed by atoms with Crippen LogP contribution in [0.3, 0.4) is 0 Å². The molecule has 0 saturated carbocycles. The van der Waals surface area contributed by atoms with Crippen molar-refractivity contribution in [2.45, 2.75) is 18.6 Å². The molecular formula is C11H10BrNO3. The van der Waals surface area contributed by atoms with E-state index in [4.69, 9.17) is 4.74 Å². The lowest BCUT2D eigenvalue weighted by Crippen LogP contribution is -2.45. The normalized spacial score (nSPS) is 27.9. The van der Waals surface area contributed by atoms with Gasteiger partial charge >= 0.3 is 0 Å². The molecule has 1 saturated heterocycles. The molecule has 0 radical (unpaired) electrons. The summed E-state index contributed by atoms with van der Waals surface area (Å²) in [4.78, 5) is 11.4. The van der Waals surface area contributed by atoms with Crippen molar-refractivity contribution >= 4 is 21.8 Å². The van der Waals surface area contributed by atoms with Gasteiger partial charge in [-0.05, 0) is 23.3 Å². The Morgan fingerprint density at radius 2 is 2.31 bits per heavy atom. The summed E-state index contributed by atoms with van der Waals surface area (Å²) in [5.74, 6) is -0.380. The zero-order chi connectivity index (χ0) is 11.3. The summed E-state index contributed by atoms with van der Waals surface area (Å²) < 4.78 is 6.38. The SMILES string of the molecule is O=C1CO[C@H]2Cc3ccc(Br)cc3[C@H]2N1O. The molecular weight excluding hydrogens is 274 g/mol. The van der Waals surface area contributed by atoms with Gasteiger partial charge in [0.25, 0.3) is 5.91 Å². The number of ether oxygens (including phenoxy) is 1. The van der Waals surface area contributed by atoms with Crippen molar-refractivity contribution in [3.63, 3.8) is 0 Å². The fraction of sp³-hybridized carbons (Fsp3) is 0.364. The maximum Gasteiger partial charge on any atom is 0.272 e. The van der Waals surface area contributed by atoms with Crippen LogP contribution in [0.25, 0.3) is 0 Å². The maximum atomic E-state index is 11.4. The Morgan fingerprint density at radius 3 is 3.12 bits per heavy atom. The lowest BCUT2D eigenvalue weighted by molar-refractivity contribution is -0.212. The third kappa shape index (κ3) is 1.39. The zero-order valence-electron chi connectivity index (χ0n) is 8.39. The molecule has 2 aliphatic rings. The van der Waals surface area contributed by atoms with Crippen LogP contribution in [0.1, 0.15) is 17.2 Å². The van der Waals surface area contributed by atoms with E-state index in [1.54, 1.807) is 0 Å². The van der Waals surface area contributed by atoms with Gasteiger partial charge in [0.1, 0.15) is 12.6 Å². The first-order valence-corrected chi connectivity index (χ1v) is 5.87. The topological polar surface area (TPSA) is 49.8 Å². The monoisotopic (exact) mass is 283 g/mol. The average Bonchev–Trinajstić information content (AvgIpc) is 2.62. The number of amides is 1. The van der Waals surface area contributed by atoms with Crippen molar-refractivity contribution in [2.24, 2.45) is 0 Å². The summed E-state index contributed by atoms with van der Waals surface area (Å²) in [5, 5.41) is 10.6. The van der Waals surface area contributed by atoms with E-state index in [-0.39, 0.29) is 24.7 Å². The van der Waals surface area contributed by atoms with Gasteiger partial charge in [0.15, 0.2) is 0 Å². The molecule has 16 heavy (non-hydrogen) atoms. The van der Waals surface area contributed by atoms with E-state index in [1.807, 2.05) is 18.2 Å². The summed E-state index contributed by atoms with van der Waals surface area (Å²) >= 11 is 3.39. The Balaban J connectivity index is 2.06. The first-order chi connectivity index (χ1) is 7.66. The zero-order valence-corrected chi connectivity index (χ0v) is 9.98. The van der Waals surface area contributed by atoms with Crippen molar-refractivity contribution in [2.75, 3.05) is 6.61 Å². The molecule has 4 nitrogen and oxygen atoms in total. The van der Waals surface area contributed by atoms with Gasteiger partial charge in [0.05, 0.1) is 6.10 Å². The lowest BCUT2D eigenvalue weighted by atomic mass is 10.1. The number of hydrogen-bond donors (Lipinski definition) is 1. The molecule has 0 spiro atoms. The molecule has 1 N–H and O–H groups in total. The van der Waals surface area contributed by atoms with Gasteiger partial charge in [-0.25, -0.2) is 5.06 Å². The van der Waals surface area contributed by atoms with Crippen LogP contribution in [0, 0.1) is 0 Å². The summed E-state index contributed by atoms with van der Waals surface area (Å²) in [5.41, 5.74) is 2.10. The number of carbonyl (C=O) groups excluding carboxylic acids is 1. The van der Waals surface area contributed by atoms with Gasteiger partial charge in [-0.1, -0.05) is 22.0 Å². The second-order valence-corrected chi connectivity index (χ2v) is 5.00. The first kappa shape index (κ1) is 10.3. The number of hydrogen-bond acceptors (Lipinski definition) is 3. The Morgan fingerprint density at radius 1 is 1.50 bits per heavy atom. The molecule has 0 bridgehead atoms. The highest BCUT2D eigenvalue weighted by Crippen LogP contribution is 2.40. The summed E-state index contributed by atoms with van der Waals surface area (Å²) in [6.07, 6.45) is 0.629. The summed E-state index contributed by atoms with van der Waals surface area (Å²) in [6.45, 7) is -0.0349. The van der Waals surface area contributed by atoms with Gasteiger partial charge < -0.3 is 4.74 Å². The van der Waals surface area contributed by atoms with Crippen molar-refractivity contribution in [1.82, 2.24) is 5.06 Å². The van der Waals surface area contributed by atoms with Gasteiger partial charge in [0.2, 0.25) is 0 Å². The van der Waals surface area contributed by atoms with Crippen LogP contribution in [0.4, 0.5) is 0 Å². The molecule has 1 heterocycles. The largest absolute Gasteiger partial charge is 0.365 e. The Kier molecular flexibility index (Phi) is 2.27. The highest BCUT2D eigenvalue weighted by molar-refractivity contribution is 9.10. The third-order valence-corrected chi connectivity index (χ3v) is 3.63. The number of benzene rings is 1. The molecule has 5 heteroatoms. The number of nitrogens with zero attached hydrogens (tertiary/aromatic N) is 1. The minimum Gasteiger partial charge on any atom is -0.365 e. The number of morpholine rings is 1. The smallest absolute Gasteiger partial charge is 0.272 e. The Hall–Kier alpha value is -0.910. The molecule has 1 fully saturated rings. The Bertz CT molecular complexity index is 463. The second kappa shape index (κ2) is 3.55. The average molecular weight is 284 g/mol. The molecule has 1 aliphatic carbocycles. The minimum absolute atomic E-state index is 0.0349. The second-order valence-electron chi connectivity index (χ2n) is 4.08. The van der Waals surface area contributed by atoms with Crippen molar-refractivity contribution in [1.29, 1.82) is 0 Å². The van der Waals surface area contributed by atoms with E-state index in [0.29, 0.717) is 0 Å². The van der Waals surface area contributed by atoms with Crippen LogP contribution >= 0.6 is 15.9 Å². The van der Waals surface area contributed by atoms with E-state index in [0.717, 1.165) is 27.1 Å². The fourth-order valence-electron chi connectivity index (χ4n) is 2.39. The van der Waals surface area contributed by atoms with Crippen LogP contribution in [0.5, 0.6) is 0 Å². The molecule has 0 unspecified atom stereocenters. The minimum atomic E-state index is -0.380. The van der Waals surface area contributed by atoms with E-state index < -0.39 is 0 Å². The number of fused-ring (bicyclic) bond motifs is 3. The summed E-state index contributed by atoms with van der Waals surface area (Å²) in [6, 6.07) is 5.54. The molecule has 84 valence electrons. The van der Waals surface area contributed by atoms with E-state index in [1.165, 1.54) is 0 Å². The van der Waals surface area contributed by atoms with Crippen molar-refractivity contribution in [3.05, 3.63) is 33.8 Å². The van der Waals surface area contributed by atoms with Crippen LogP contribution in [0.15, 0.2) is 22.7 Å². The van der Waals surface area contributed by atoms with Gasteiger partial charge in [0, 0.05) is 10.9 Å². The van der Waals surface area contributed by atoms with Crippen LogP contribution in [0.2, 0.25) is 0 Å². The quantitative estimate of drug-likeness (QED) is 0.737. The van der Waals surface area contributed by atoms with Crippen LogP contribution in [-0.4, -0.2) is 28.9 Å². The fourth-order valence-corrected chi connectivity index (χ4v) is 2.77. The predicted molar refractivity (Wildman–Crippen MR) is 59.0 cm³/mol. The van der Waals surface area contributed by atoms with Crippen LogP contribution < -0.4 is 0 Å². The molecule has 1 aromatic rings. The van der Waals surface area contributed by atoms with Crippen molar-refractivity contribution < 1.29 is 14.7 Å². The van der Waals surface area contributed by atoms with E-state index in [9.17, 15) is 10.0 Å². The molecule has 2 atom stereocenters. The molecule has 1 aromatic carbocycles. The molecule has 3 rings (SSSR count). The molecule has 1 aliphatic heterocycles. The van der Waals surface area contributed by atoms with E-state index >= 15 is 0 Å². The highest BCUT2D eigenvalue weighted by Gasteiger charge is 2.43. The standard InChI is InChI=1S/C11H10BrNO3/c12-7-2-1-6-3-9-11(8(6)4-7)13(15)10(14)5-16-9/h1-2,4,9,11,15H,3,5H2/t9-,11+/m0/s1. The van der Waals surface area contributed by atoms with Gasteiger partial charge in [-0.2, -0.15) is 0 Å². The van der Waals surface area contributed by atoms with Crippen LogP contribution in [-0.2, 0) is 16.0 Å². The number of hydroxylamine groups is 2. The van der Waals surface area contributed by atoms with Crippen molar-refractivity contribution in [3.8, 4) is 0 Å². The molecule has 1 amide bonds. The predicted octanol–water partition coefficient (Wildman–Crippen LogP) is 1.66. The highest BCUT2D eigenvalue weighted by atomic mass is 79.9. The molecule has 0 aromatic heterocycles. The summed E-state index contributed by atoms with van der Waals surface area (Å²) in [7, 11) is 0. The Labute approximate surface area is 101 Å². The first-order valence-electron chi connectivity index (χ1n) is 5.07. The third-order valence-electron chi connectivity index (χ3n) is 3.14. The van der Waals surface area contributed by atoms with Gasteiger partial charge in [-0.3, -0.25) is 10.0 Å². The van der Waals surface area contributed by atoms with Gasteiger partial charge in [-0.15, -0.1) is 0 Å². The number of carbonyl (C=O) groups is 1. The lowest BCUT2D eigenvalue weighted by Gasteiger charge is -2.32.